The highest BCUT2D eigenvalue weighted by Crippen LogP contribution is 2.38. The summed E-state index contributed by atoms with van der Waals surface area (Å²) in [4.78, 5) is 26.1. The zero-order valence-electron chi connectivity index (χ0n) is 13.8. The highest BCUT2D eigenvalue weighted by Gasteiger charge is 2.36. The number of methoxy groups -OCH3 is 2. The average molecular weight is 394 g/mol. The van der Waals surface area contributed by atoms with Crippen LogP contribution in [0.15, 0.2) is 41.3 Å². The van der Waals surface area contributed by atoms with Crippen molar-refractivity contribution in [1.29, 1.82) is 0 Å². The fourth-order valence-corrected chi connectivity index (χ4v) is 3.40. The van der Waals surface area contributed by atoms with Crippen molar-refractivity contribution in [2.24, 2.45) is 0 Å². The van der Waals surface area contributed by atoms with Crippen LogP contribution >= 0.6 is 23.4 Å². The van der Waals surface area contributed by atoms with Crippen LogP contribution in [0.5, 0.6) is 11.5 Å². The van der Waals surface area contributed by atoms with Gasteiger partial charge in [0, 0.05) is 11.6 Å². The summed E-state index contributed by atoms with van der Waals surface area (Å²) in [5.74, 6) is -0.0320. The Balaban J connectivity index is 1.96. The molecule has 26 heavy (non-hydrogen) atoms. The van der Waals surface area contributed by atoms with Crippen LogP contribution in [-0.4, -0.2) is 25.4 Å². The van der Waals surface area contributed by atoms with Gasteiger partial charge in [-0.1, -0.05) is 11.6 Å². The number of halogens is 2. The van der Waals surface area contributed by atoms with Crippen molar-refractivity contribution in [2.45, 2.75) is 0 Å². The lowest BCUT2D eigenvalue weighted by atomic mass is 10.1. The van der Waals surface area contributed by atoms with E-state index in [0.717, 1.165) is 22.7 Å². The number of rotatable bonds is 4. The molecule has 0 aliphatic carbocycles. The molecular weight excluding hydrogens is 381 g/mol. The Bertz CT molecular complexity index is 931. The number of thioether (sulfide) groups is 1. The van der Waals surface area contributed by atoms with Gasteiger partial charge in [-0.3, -0.25) is 9.59 Å². The van der Waals surface area contributed by atoms with Crippen LogP contribution < -0.4 is 14.4 Å². The molecule has 2 amide bonds. The summed E-state index contributed by atoms with van der Waals surface area (Å²) in [7, 11) is 3.03. The lowest BCUT2D eigenvalue weighted by molar-refractivity contribution is -0.113. The number of amides is 2. The molecule has 1 saturated heterocycles. The molecule has 0 atom stereocenters. The highest BCUT2D eigenvalue weighted by molar-refractivity contribution is 8.19. The van der Waals surface area contributed by atoms with Crippen LogP contribution in [0.25, 0.3) is 6.08 Å². The molecule has 0 saturated carbocycles. The Labute approximate surface area is 158 Å². The Morgan fingerprint density at radius 1 is 1.12 bits per heavy atom. The van der Waals surface area contributed by atoms with Crippen molar-refractivity contribution in [3.8, 4) is 11.5 Å². The third-order valence-electron chi connectivity index (χ3n) is 3.68. The number of carbonyl (C=O) groups excluding carboxylic acids is 2. The third kappa shape index (κ3) is 3.40. The molecule has 0 N–H and O–H groups in total. The summed E-state index contributed by atoms with van der Waals surface area (Å²) in [6, 6.07) is 8.80. The van der Waals surface area contributed by atoms with Crippen LogP contribution in [0.2, 0.25) is 5.02 Å². The normalized spacial score (nSPS) is 15.7. The molecule has 5 nitrogen and oxygen atoms in total. The lowest BCUT2D eigenvalue weighted by Crippen LogP contribution is -2.27. The van der Waals surface area contributed by atoms with Gasteiger partial charge in [0.1, 0.15) is 17.3 Å². The number of hydrogen-bond donors (Lipinski definition) is 0. The van der Waals surface area contributed by atoms with Gasteiger partial charge in [0.2, 0.25) is 0 Å². The molecule has 2 aromatic rings. The van der Waals surface area contributed by atoms with Crippen LogP contribution in [0, 0.1) is 5.82 Å². The Morgan fingerprint density at radius 2 is 1.88 bits per heavy atom. The molecule has 1 aliphatic rings. The molecule has 1 fully saturated rings. The summed E-state index contributed by atoms with van der Waals surface area (Å²) in [5.41, 5.74) is 0.833. The van der Waals surface area contributed by atoms with Crippen molar-refractivity contribution in [3.63, 3.8) is 0 Å². The first kappa shape index (κ1) is 18.3. The molecule has 0 bridgehead atoms. The standard InChI is InChI=1S/C18H13ClFNO4S/c1-24-12-5-3-10(15(9-12)25-2)7-16-17(22)21(18(23)26-16)11-4-6-14(20)13(19)8-11/h3-9H,1-2H3/b16-7-. The van der Waals surface area contributed by atoms with Crippen molar-refractivity contribution in [3.05, 3.63) is 57.7 Å². The third-order valence-corrected chi connectivity index (χ3v) is 4.84. The van der Waals surface area contributed by atoms with Gasteiger partial charge in [0.25, 0.3) is 11.1 Å². The van der Waals surface area contributed by atoms with E-state index in [1.165, 1.54) is 26.4 Å². The second kappa shape index (κ2) is 7.39. The Morgan fingerprint density at radius 3 is 2.54 bits per heavy atom. The van der Waals surface area contributed by atoms with E-state index in [9.17, 15) is 14.0 Å². The number of anilines is 1. The number of imide groups is 1. The van der Waals surface area contributed by atoms with Crippen LogP contribution in [0.3, 0.4) is 0 Å². The minimum absolute atomic E-state index is 0.164. The lowest BCUT2D eigenvalue weighted by Gasteiger charge is -2.13. The smallest absolute Gasteiger partial charge is 0.298 e. The monoisotopic (exact) mass is 393 g/mol. The number of hydrogen-bond acceptors (Lipinski definition) is 5. The molecule has 1 heterocycles. The summed E-state index contributed by atoms with van der Waals surface area (Å²) in [5, 5.41) is -0.654. The van der Waals surface area contributed by atoms with E-state index in [1.807, 2.05) is 0 Å². The van der Waals surface area contributed by atoms with E-state index >= 15 is 0 Å². The molecule has 3 rings (SSSR count). The Kier molecular flexibility index (Phi) is 5.20. The molecule has 0 aromatic heterocycles. The van der Waals surface area contributed by atoms with Gasteiger partial charge in [-0.15, -0.1) is 0 Å². The topological polar surface area (TPSA) is 55.8 Å². The number of carbonyl (C=O) groups is 2. The van der Waals surface area contributed by atoms with Crippen LogP contribution in [-0.2, 0) is 4.79 Å². The number of ether oxygens (including phenoxy) is 2. The largest absolute Gasteiger partial charge is 0.497 e. The van der Waals surface area contributed by atoms with Gasteiger partial charge in [-0.05, 0) is 48.2 Å². The van der Waals surface area contributed by atoms with E-state index in [2.05, 4.69) is 0 Å². The summed E-state index contributed by atoms with van der Waals surface area (Å²) in [6.45, 7) is 0. The second-order valence-electron chi connectivity index (χ2n) is 5.22. The highest BCUT2D eigenvalue weighted by atomic mass is 35.5. The maximum atomic E-state index is 13.3. The van der Waals surface area contributed by atoms with Gasteiger partial charge in [0.05, 0.1) is 29.8 Å². The molecule has 0 unspecified atom stereocenters. The van der Waals surface area contributed by atoms with Gasteiger partial charge < -0.3 is 9.47 Å². The summed E-state index contributed by atoms with van der Waals surface area (Å²) in [6.07, 6.45) is 1.56. The van der Waals surface area contributed by atoms with E-state index in [-0.39, 0.29) is 15.6 Å². The van der Waals surface area contributed by atoms with Crippen LogP contribution in [0.4, 0.5) is 14.9 Å². The quantitative estimate of drug-likeness (QED) is 0.702. The molecule has 1 aliphatic heterocycles. The molecule has 2 aromatic carbocycles. The second-order valence-corrected chi connectivity index (χ2v) is 6.62. The van der Waals surface area contributed by atoms with Gasteiger partial charge in [-0.25, -0.2) is 9.29 Å². The summed E-state index contributed by atoms with van der Waals surface area (Å²) >= 11 is 6.53. The predicted molar refractivity (Wildman–Crippen MR) is 99.4 cm³/mol. The molecule has 8 heteroatoms. The average Bonchev–Trinajstić information content (AvgIpc) is 2.91. The minimum atomic E-state index is -0.624. The van der Waals surface area contributed by atoms with E-state index in [4.69, 9.17) is 21.1 Å². The zero-order valence-corrected chi connectivity index (χ0v) is 15.4. The maximum Gasteiger partial charge on any atom is 0.298 e. The fraction of sp³-hybridized carbons (Fsp3) is 0.111. The van der Waals surface area contributed by atoms with E-state index < -0.39 is 17.0 Å². The number of nitrogens with zero attached hydrogens (tertiary/aromatic N) is 1. The van der Waals surface area contributed by atoms with Crippen LogP contribution in [0.1, 0.15) is 5.56 Å². The van der Waals surface area contributed by atoms with Gasteiger partial charge in [-0.2, -0.15) is 0 Å². The van der Waals surface area contributed by atoms with Crippen molar-refractivity contribution < 1.29 is 23.5 Å². The van der Waals surface area contributed by atoms with Crippen molar-refractivity contribution in [2.75, 3.05) is 19.1 Å². The van der Waals surface area contributed by atoms with Crippen molar-refractivity contribution in [1.82, 2.24) is 0 Å². The first-order chi connectivity index (χ1) is 12.4. The predicted octanol–water partition coefficient (Wildman–Crippen LogP) is 4.74. The first-order valence-electron chi connectivity index (χ1n) is 7.39. The summed E-state index contributed by atoms with van der Waals surface area (Å²) < 4.78 is 23.8. The first-order valence-corrected chi connectivity index (χ1v) is 8.59. The zero-order chi connectivity index (χ0) is 18.8. The van der Waals surface area contributed by atoms with Gasteiger partial charge in [0.15, 0.2) is 0 Å². The molecular formula is C18H13ClFNO4S. The fourth-order valence-electron chi connectivity index (χ4n) is 2.39. The van der Waals surface area contributed by atoms with Crippen molar-refractivity contribution >= 4 is 46.3 Å². The van der Waals surface area contributed by atoms with E-state index in [0.29, 0.717) is 17.1 Å². The minimum Gasteiger partial charge on any atom is -0.497 e. The van der Waals surface area contributed by atoms with Gasteiger partial charge >= 0.3 is 0 Å². The molecule has 0 radical (unpaired) electrons. The molecule has 0 spiro atoms. The maximum absolute atomic E-state index is 13.3. The SMILES string of the molecule is COc1ccc(/C=C2\SC(=O)N(c3ccc(F)c(Cl)c3)C2=O)c(OC)c1. The molecule has 134 valence electrons. The van der Waals surface area contributed by atoms with E-state index in [1.54, 1.807) is 24.3 Å². The number of benzene rings is 2. The Hall–Kier alpha value is -2.51.